The first-order chi connectivity index (χ1) is 7.20. The van der Waals surface area contributed by atoms with Gasteiger partial charge in [-0.3, -0.25) is 4.79 Å². The van der Waals surface area contributed by atoms with E-state index in [2.05, 4.69) is 20.8 Å². The molecule has 0 radical (unpaired) electrons. The molecule has 0 amide bonds. The van der Waals surface area contributed by atoms with Gasteiger partial charge in [-0.05, 0) is 23.3 Å². The molecule has 7 heteroatoms. The number of hydrogen-bond donors (Lipinski definition) is 2. The number of unbranched alkanes of at least 4 members (excludes halogenated alkanes) is 2. The van der Waals surface area contributed by atoms with Crippen LogP contribution < -0.4 is 5.32 Å². The number of carboxylic acid groups (broad SMARTS) is 1. The molecule has 0 unspecified atom stereocenters. The summed E-state index contributed by atoms with van der Waals surface area (Å²) in [6, 6.07) is 0. The summed E-state index contributed by atoms with van der Waals surface area (Å²) in [5, 5.41) is 22.4. The number of nitrogens with zero attached hydrogens (tertiary/aromatic N) is 4. The largest absolute Gasteiger partial charge is 0.481 e. The highest BCUT2D eigenvalue weighted by Crippen LogP contribution is 2.01. The summed E-state index contributed by atoms with van der Waals surface area (Å²) in [5.41, 5.74) is 0. The van der Waals surface area contributed by atoms with E-state index < -0.39 is 5.97 Å². The highest BCUT2D eigenvalue weighted by molar-refractivity contribution is 5.66. The van der Waals surface area contributed by atoms with Crippen molar-refractivity contribution < 1.29 is 9.90 Å². The molecule has 0 aliphatic carbocycles. The zero-order valence-corrected chi connectivity index (χ0v) is 8.68. The molecule has 1 heterocycles. The number of hydrogen-bond acceptors (Lipinski definition) is 5. The summed E-state index contributed by atoms with van der Waals surface area (Å²) in [7, 11) is 1.76. The van der Waals surface area contributed by atoms with E-state index in [0.717, 1.165) is 19.4 Å². The second-order valence-electron chi connectivity index (χ2n) is 3.26. The van der Waals surface area contributed by atoms with Gasteiger partial charge in [-0.25, -0.2) is 4.68 Å². The van der Waals surface area contributed by atoms with E-state index in [-0.39, 0.29) is 6.42 Å². The Kier molecular flexibility index (Phi) is 4.52. The van der Waals surface area contributed by atoms with Crippen LogP contribution in [0.1, 0.15) is 25.7 Å². The first-order valence-corrected chi connectivity index (χ1v) is 4.88. The quantitative estimate of drug-likeness (QED) is 0.631. The van der Waals surface area contributed by atoms with Gasteiger partial charge in [0.2, 0.25) is 5.95 Å². The molecule has 0 bridgehead atoms. The van der Waals surface area contributed by atoms with Crippen molar-refractivity contribution in [3.8, 4) is 0 Å². The fourth-order valence-corrected chi connectivity index (χ4v) is 1.16. The summed E-state index contributed by atoms with van der Waals surface area (Å²) < 4.78 is 1.55. The molecule has 2 N–H and O–H groups in total. The van der Waals surface area contributed by atoms with Gasteiger partial charge in [0.05, 0.1) is 0 Å². The number of anilines is 1. The van der Waals surface area contributed by atoms with Gasteiger partial charge in [-0.2, -0.15) is 0 Å². The van der Waals surface area contributed by atoms with Crippen LogP contribution in [0, 0.1) is 0 Å². The molecule has 0 aliphatic rings. The molecule has 0 saturated carbocycles. The lowest BCUT2D eigenvalue weighted by atomic mass is 10.2. The smallest absolute Gasteiger partial charge is 0.303 e. The predicted molar refractivity (Wildman–Crippen MR) is 53.4 cm³/mol. The summed E-state index contributed by atoms with van der Waals surface area (Å²) in [5.74, 6) is -0.103. The maximum Gasteiger partial charge on any atom is 0.303 e. The van der Waals surface area contributed by atoms with Gasteiger partial charge in [-0.1, -0.05) is 11.5 Å². The molecule has 84 valence electrons. The van der Waals surface area contributed by atoms with E-state index in [1.165, 1.54) is 0 Å². The van der Waals surface area contributed by atoms with Crippen LogP contribution in [0.3, 0.4) is 0 Å². The number of aryl methyl sites for hydroxylation is 1. The van der Waals surface area contributed by atoms with Crippen molar-refractivity contribution in [1.82, 2.24) is 20.2 Å². The standard InChI is InChI=1S/C8H15N5O2/c1-13-8(10-11-12-13)9-6-4-2-3-5-7(14)15/h2-6H2,1H3,(H,14,15)(H,9,10,12). The number of aromatic nitrogens is 4. The predicted octanol–water partition coefficient (Wildman–Crippen LogP) is 0.267. The van der Waals surface area contributed by atoms with Crippen molar-refractivity contribution in [2.24, 2.45) is 7.05 Å². The molecule has 1 rings (SSSR count). The van der Waals surface area contributed by atoms with E-state index in [0.29, 0.717) is 12.4 Å². The lowest BCUT2D eigenvalue weighted by Gasteiger charge is -2.02. The van der Waals surface area contributed by atoms with Crippen molar-refractivity contribution in [1.29, 1.82) is 0 Å². The molecule has 0 fully saturated rings. The molecule has 1 aromatic rings. The topological polar surface area (TPSA) is 92.9 Å². The fraction of sp³-hybridized carbons (Fsp3) is 0.750. The Morgan fingerprint density at radius 1 is 1.47 bits per heavy atom. The normalized spacial score (nSPS) is 10.2. The van der Waals surface area contributed by atoms with Gasteiger partial charge in [0.25, 0.3) is 0 Å². The van der Waals surface area contributed by atoms with Crippen LogP contribution in [0.4, 0.5) is 5.95 Å². The molecule has 0 spiro atoms. The van der Waals surface area contributed by atoms with Gasteiger partial charge in [0, 0.05) is 20.0 Å². The minimum absolute atomic E-state index is 0.242. The number of carbonyl (C=O) groups is 1. The second-order valence-corrected chi connectivity index (χ2v) is 3.26. The van der Waals surface area contributed by atoms with E-state index in [1.54, 1.807) is 11.7 Å². The summed E-state index contributed by atoms with van der Waals surface area (Å²) >= 11 is 0. The molecule has 0 aromatic carbocycles. The average Bonchev–Trinajstić information content (AvgIpc) is 2.57. The summed E-state index contributed by atoms with van der Waals surface area (Å²) in [4.78, 5) is 10.2. The minimum atomic E-state index is -0.736. The Balaban J connectivity index is 2.03. The van der Waals surface area contributed by atoms with Crippen LogP contribution in [-0.2, 0) is 11.8 Å². The number of nitrogens with one attached hydrogen (secondary N) is 1. The van der Waals surface area contributed by atoms with Gasteiger partial charge in [0.1, 0.15) is 0 Å². The van der Waals surface area contributed by atoms with Crippen LogP contribution in [-0.4, -0.2) is 37.8 Å². The second kappa shape index (κ2) is 5.94. The Bertz CT molecular complexity index is 312. The number of tetrazole rings is 1. The van der Waals surface area contributed by atoms with Crippen LogP contribution in [0.2, 0.25) is 0 Å². The third-order valence-electron chi connectivity index (χ3n) is 1.97. The van der Waals surface area contributed by atoms with E-state index >= 15 is 0 Å². The molecule has 0 saturated heterocycles. The maximum atomic E-state index is 10.2. The van der Waals surface area contributed by atoms with Crippen LogP contribution in [0.15, 0.2) is 0 Å². The molecule has 0 atom stereocenters. The fourth-order valence-electron chi connectivity index (χ4n) is 1.16. The van der Waals surface area contributed by atoms with Crippen molar-refractivity contribution >= 4 is 11.9 Å². The molecule has 15 heavy (non-hydrogen) atoms. The van der Waals surface area contributed by atoms with Gasteiger partial charge < -0.3 is 10.4 Å². The van der Waals surface area contributed by atoms with Gasteiger partial charge in [-0.15, -0.1) is 0 Å². The maximum absolute atomic E-state index is 10.2. The number of rotatable bonds is 7. The van der Waals surface area contributed by atoms with Crippen LogP contribution in [0.25, 0.3) is 0 Å². The van der Waals surface area contributed by atoms with Gasteiger partial charge in [0.15, 0.2) is 0 Å². The van der Waals surface area contributed by atoms with Crippen molar-refractivity contribution in [2.75, 3.05) is 11.9 Å². The van der Waals surface area contributed by atoms with Crippen molar-refractivity contribution in [3.63, 3.8) is 0 Å². The summed E-state index contributed by atoms with van der Waals surface area (Å²) in [6.45, 7) is 0.758. The van der Waals surface area contributed by atoms with Crippen molar-refractivity contribution in [3.05, 3.63) is 0 Å². The lowest BCUT2D eigenvalue weighted by Crippen LogP contribution is -2.07. The Labute approximate surface area is 87.5 Å². The Hall–Kier alpha value is -1.66. The third kappa shape index (κ3) is 4.39. The monoisotopic (exact) mass is 213 g/mol. The van der Waals surface area contributed by atoms with E-state index in [1.807, 2.05) is 0 Å². The Morgan fingerprint density at radius 3 is 2.87 bits per heavy atom. The first-order valence-electron chi connectivity index (χ1n) is 4.88. The van der Waals surface area contributed by atoms with Gasteiger partial charge >= 0.3 is 5.97 Å². The van der Waals surface area contributed by atoms with Crippen molar-refractivity contribution in [2.45, 2.75) is 25.7 Å². The van der Waals surface area contributed by atoms with Crippen LogP contribution >= 0.6 is 0 Å². The van der Waals surface area contributed by atoms with Crippen LogP contribution in [0.5, 0.6) is 0 Å². The average molecular weight is 213 g/mol. The molecule has 1 aromatic heterocycles. The van der Waals surface area contributed by atoms with E-state index in [4.69, 9.17) is 5.11 Å². The number of aliphatic carboxylic acids is 1. The molecule has 0 aliphatic heterocycles. The SMILES string of the molecule is Cn1nnnc1NCCCCCC(=O)O. The molecule has 7 nitrogen and oxygen atoms in total. The van der Waals surface area contributed by atoms with E-state index in [9.17, 15) is 4.79 Å². The third-order valence-corrected chi connectivity index (χ3v) is 1.97. The highest BCUT2D eigenvalue weighted by Gasteiger charge is 2.00. The highest BCUT2D eigenvalue weighted by atomic mass is 16.4. The molecular weight excluding hydrogens is 198 g/mol. The molecular formula is C8H15N5O2. The number of carboxylic acids is 1. The first kappa shape index (κ1) is 11.4. The zero-order chi connectivity index (χ0) is 11.1. The zero-order valence-electron chi connectivity index (χ0n) is 8.68. The Morgan fingerprint density at radius 2 is 2.27 bits per heavy atom. The minimum Gasteiger partial charge on any atom is -0.481 e. The summed E-state index contributed by atoms with van der Waals surface area (Å²) in [6.07, 6.45) is 2.77. The lowest BCUT2D eigenvalue weighted by molar-refractivity contribution is -0.137.